The zero-order valence-electron chi connectivity index (χ0n) is 20.9. The Morgan fingerprint density at radius 2 is 1.54 bits per heavy atom. The summed E-state index contributed by atoms with van der Waals surface area (Å²) in [6.07, 6.45) is -2.09. The van der Waals surface area contributed by atoms with Crippen LogP contribution >= 0.6 is 0 Å². The summed E-state index contributed by atoms with van der Waals surface area (Å²) in [6.45, 7) is 7.21. The number of ether oxygens (including phenoxy) is 3. The van der Waals surface area contributed by atoms with Crippen LogP contribution in [0.2, 0.25) is 0 Å². The van der Waals surface area contributed by atoms with Gasteiger partial charge in [-0.2, -0.15) is 17.2 Å². The molecule has 0 saturated carbocycles. The largest absolute Gasteiger partial charge is 0.483 e. The van der Waals surface area contributed by atoms with E-state index in [4.69, 9.17) is 18.8 Å². The van der Waals surface area contributed by atoms with Crippen molar-refractivity contribution >= 4 is 21.0 Å². The molecule has 0 radical (unpaired) electrons. The minimum absolute atomic E-state index is 0.0486. The number of hydrogen-bond acceptors (Lipinski definition) is 5. The van der Waals surface area contributed by atoms with Crippen molar-refractivity contribution in [2.75, 3.05) is 6.61 Å². The molecule has 1 fully saturated rings. The monoisotopic (exact) mass is 551 g/mol. The van der Waals surface area contributed by atoms with Gasteiger partial charge in [-0.25, -0.2) is 0 Å². The molecule has 0 aliphatic carbocycles. The topological polar surface area (TPSA) is 82.1 Å². The summed E-state index contributed by atoms with van der Waals surface area (Å²) in [7, 11) is -6.18. The van der Waals surface area contributed by atoms with Gasteiger partial charge in [-0.1, -0.05) is 30.3 Å². The van der Waals surface area contributed by atoms with Gasteiger partial charge in [0.15, 0.2) is 26.6 Å². The summed E-state index contributed by atoms with van der Waals surface area (Å²) in [5.74, 6) is -0.843. The van der Waals surface area contributed by atoms with Gasteiger partial charge < -0.3 is 14.2 Å². The highest BCUT2D eigenvalue weighted by Gasteiger charge is 2.51. The van der Waals surface area contributed by atoms with Crippen molar-refractivity contribution in [1.29, 1.82) is 0 Å². The predicted molar refractivity (Wildman–Crippen MR) is 137 cm³/mol. The number of alkyl halides is 2. The lowest BCUT2D eigenvalue weighted by Gasteiger charge is -2.26. The second-order valence-electron chi connectivity index (χ2n) is 9.51. The lowest BCUT2D eigenvalue weighted by molar-refractivity contribution is -0.176. The molecule has 1 aliphatic rings. The lowest BCUT2D eigenvalue weighted by Crippen LogP contribution is -2.42. The van der Waals surface area contributed by atoms with Gasteiger partial charge in [0, 0.05) is 11.6 Å². The van der Waals surface area contributed by atoms with Crippen molar-refractivity contribution < 1.29 is 36.0 Å². The minimum Gasteiger partial charge on any atom is -0.483 e. The van der Waals surface area contributed by atoms with E-state index in [9.17, 15) is 17.2 Å². The molecule has 10 heteroatoms. The van der Waals surface area contributed by atoms with Crippen LogP contribution in [0, 0.1) is 0 Å². The predicted octanol–water partition coefficient (Wildman–Crippen LogP) is 6.03. The molecule has 1 N–H and O–H groups in total. The van der Waals surface area contributed by atoms with Crippen molar-refractivity contribution in [3.63, 3.8) is 0 Å². The molecule has 1 heterocycles. The van der Waals surface area contributed by atoms with Crippen molar-refractivity contribution in [3.05, 3.63) is 84.4 Å². The number of hydrogen-bond donors (Lipinski definition) is 1. The molecule has 0 spiro atoms. The van der Waals surface area contributed by atoms with E-state index < -0.39 is 43.8 Å². The molecule has 6 nitrogen and oxygen atoms in total. The van der Waals surface area contributed by atoms with Crippen LogP contribution in [-0.2, 0) is 36.3 Å². The van der Waals surface area contributed by atoms with Gasteiger partial charge in [-0.05, 0) is 70.2 Å². The third-order valence-electron chi connectivity index (χ3n) is 5.93. The van der Waals surface area contributed by atoms with Crippen molar-refractivity contribution in [2.45, 2.75) is 65.1 Å². The van der Waals surface area contributed by atoms with Gasteiger partial charge in [0.2, 0.25) is 0 Å². The molecule has 0 aromatic heterocycles. The molecule has 0 bridgehead atoms. The normalized spacial score (nSPS) is 21.4. The first kappa shape index (κ1) is 27.5. The van der Waals surface area contributed by atoms with Gasteiger partial charge in [0.05, 0.1) is 23.1 Å². The Kier molecular flexibility index (Phi) is 7.44. The fourth-order valence-corrected chi connectivity index (χ4v) is 6.63. The van der Waals surface area contributed by atoms with Crippen LogP contribution in [0.3, 0.4) is 0 Å². The van der Waals surface area contributed by atoms with Crippen LogP contribution in [0.25, 0.3) is 0 Å². The second kappa shape index (κ2) is 9.99. The maximum absolute atomic E-state index is 13.9. The van der Waals surface area contributed by atoms with E-state index in [0.29, 0.717) is 6.61 Å². The first-order valence-corrected chi connectivity index (χ1v) is 14.2. The van der Waals surface area contributed by atoms with E-state index in [2.05, 4.69) is 6.07 Å². The third kappa shape index (κ3) is 5.83. The first-order valence-electron chi connectivity index (χ1n) is 11.6. The molecular weight excluding hydrogens is 522 g/mol. The van der Waals surface area contributed by atoms with Crippen molar-refractivity contribution in [1.82, 2.24) is 0 Å². The van der Waals surface area contributed by atoms with E-state index in [1.165, 1.54) is 12.1 Å². The smallest absolute Gasteiger partial charge is 0.405 e. The van der Waals surface area contributed by atoms with E-state index in [1.807, 2.05) is 69.3 Å². The summed E-state index contributed by atoms with van der Waals surface area (Å²) in [6, 6.07) is 24.4. The Labute approximate surface area is 218 Å². The van der Waals surface area contributed by atoms with E-state index >= 15 is 0 Å². The Morgan fingerprint density at radius 1 is 0.946 bits per heavy atom. The molecule has 4 rings (SSSR count). The summed E-state index contributed by atoms with van der Waals surface area (Å²) >= 11 is 0. The van der Waals surface area contributed by atoms with Crippen LogP contribution in [0.1, 0.15) is 33.3 Å². The Morgan fingerprint density at radius 3 is 2.11 bits per heavy atom. The van der Waals surface area contributed by atoms with Crippen LogP contribution in [0.15, 0.2) is 93.5 Å². The molecule has 1 aliphatic heterocycles. The molecule has 3 unspecified atom stereocenters. The van der Waals surface area contributed by atoms with Gasteiger partial charge in [-0.15, -0.1) is 0 Å². The fraction of sp³-hybridized carbons (Fsp3) is 0.333. The first-order chi connectivity index (χ1) is 17.2. The number of benzene rings is 3. The highest BCUT2D eigenvalue weighted by atomic mass is 32.2. The Hall–Kier alpha value is -2.50. The zero-order valence-corrected chi connectivity index (χ0v) is 22.5. The summed E-state index contributed by atoms with van der Waals surface area (Å²) in [5.41, 5.74) is 0.468. The Balaban J connectivity index is 1.67. The molecule has 198 valence electrons. The SMILES string of the molecule is CC(Oc1ccc([S+](c2ccccc2)c2cccc(C3(C)OCC(C)(C)O3)c2)cc1)C(F)(F)S(=O)(=O)O. The molecule has 3 aromatic rings. The van der Waals surface area contributed by atoms with Crippen molar-refractivity contribution in [2.24, 2.45) is 0 Å². The van der Waals surface area contributed by atoms with Crippen LogP contribution in [0.5, 0.6) is 5.75 Å². The fourth-order valence-electron chi connectivity index (χ4n) is 4.05. The standard InChI is InChI=1S/C27H28F2O6S2/c1-19(27(28,29)37(30,31)32)34-21-13-15-23(16-14-21)36(22-10-6-5-7-11-22)24-12-8-9-20(17-24)26(4)33-18-25(2,3)35-26/h5-17,19H,18H2,1-4H3/p+1. The lowest BCUT2D eigenvalue weighted by atomic mass is 10.1. The average Bonchev–Trinajstić information content (AvgIpc) is 3.14. The van der Waals surface area contributed by atoms with Crippen LogP contribution in [-0.4, -0.2) is 36.5 Å². The molecule has 1 saturated heterocycles. The van der Waals surface area contributed by atoms with Gasteiger partial charge in [-0.3, -0.25) is 4.55 Å². The quantitative estimate of drug-likeness (QED) is 0.272. The summed E-state index contributed by atoms with van der Waals surface area (Å²) in [4.78, 5) is 2.93. The maximum Gasteiger partial charge on any atom is 0.405 e. The second-order valence-corrected chi connectivity index (χ2v) is 13.0. The van der Waals surface area contributed by atoms with E-state index in [-0.39, 0.29) is 5.75 Å². The summed E-state index contributed by atoms with van der Waals surface area (Å²) < 4.78 is 76.1. The Bertz CT molecular complexity index is 1350. The maximum atomic E-state index is 13.9. The van der Waals surface area contributed by atoms with E-state index in [1.54, 1.807) is 12.1 Å². The van der Waals surface area contributed by atoms with Gasteiger partial charge in [0.1, 0.15) is 5.75 Å². The molecule has 0 amide bonds. The molecule has 37 heavy (non-hydrogen) atoms. The zero-order chi connectivity index (χ0) is 27.1. The molecule has 3 atom stereocenters. The summed E-state index contributed by atoms with van der Waals surface area (Å²) in [5, 5.41) is -4.45. The number of halogens is 2. The van der Waals surface area contributed by atoms with Crippen LogP contribution < -0.4 is 4.74 Å². The van der Waals surface area contributed by atoms with Crippen LogP contribution in [0.4, 0.5) is 8.78 Å². The highest BCUT2D eigenvalue weighted by Crippen LogP contribution is 2.41. The molecular formula is C27H29F2O6S2+. The van der Waals surface area contributed by atoms with Crippen molar-refractivity contribution in [3.8, 4) is 5.75 Å². The van der Waals surface area contributed by atoms with E-state index in [0.717, 1.165) is 27.2 Å². The average molecular weight is 552 g/mol. The third-order valence-corrected chi connectivity index (χ3v) is 9.16. The molecule has 3 aromatic carbocycles. The van der Waals surface area contributed by atoms with Gasteiger partial charge in [0.25, 0.3) is 0 Å². The van der Waals surface area contributed by atoms with Gasteiger partial charge >= 0.3 is 15.4 Å². The highest BCUT2D eigenvalue weighted by molar-refractivity contribution is 7.97. The minimum atomic E-state index is -5.62. The number of rotatable bonds is 8.